The van der Waals surface area contributed by atoms with Gasteiger partial charge in [0.05, 0.1) is 0 Å². The van der Waals surface area contributed by atoms with Gasteiger partial charge in [-0.1, -0.05) is 48.0 Å². The van der Waals surface area contributed by atoms with E-state index in [9.17, 15) is 9.59 Å². The molecule has 26 heavy (non-hydrogen) atoms. The van der Waals surface area contributed by atoms with E-state index in [4.69, 9.17) is 5.73 Å². The van der Waals surface area contributed by atoms with Gasteiger partial charge in [0, 0.05) is 31.9 Å². The van der Waals surface area contributed by atoms with Gasteiger partial charge in [-0.2, -0.15) is 0 Å². The van der Waals surface area contributed by atoms with Gasteiger partial charge in [0.1, 0.15) is 6.04 Å². The number of anilines is 1. The fourth-order valence-electron chi connectivity index (χ4n) is 3.21. The number of nitrogens with zero attached hydrogens (tertiary/aromatic N) is 2. The molecule has 3 N–H and O–H groups in total. The minimum atomic E-state index is -0.460. The van der Waals surface area contributed by atoms with Gasteiger partial charge in [0.2, 0.25) is 5.91 Å². The van der Waals surface area contributed by atoms with Crippen LogP contribution in [0.1, 0.15) is 17.2 Å². The lowest BCUT2D eigenvalue weighted by molar-refractivity contribution is -0.124. The second-order valence-electron chi connectivity index (χ2n) is 6.53. The third-order valence-electron chi connectivity index (χ3n) is 4.65. The van der Waals surface area contributed by atoms with E-state index < -0.39 is 6.04 Å². The molecule has 1 saturated heterocycles. The third kappa shape index (κ3) is 4.21. The fraction of sp³-hybridized carbons (Fsp3) is 0.300. The topological polar surface area (TPSA) is 78.7 Å². The van der Waals surface area contributed by atoms with Crippen LogP contribution >= 0.6 is 0 Å². The zero-order chi connectivity index (χ0) is 18.5. The van der Waals surface area contributed by atoms with E-state index in [-0.39, 0.29) is 11.9 Å². The van der Waals surface area contributed by atoms with Gasteiger partial charge in [-0.15, -0.1) is 0 Å². The molecule has 0 saturated carbocycles. The summed E-state index contributed by atoms with van der Waals surface area (Å²) in [6, 6.07) is 16.7. The van der Waals surface area contributed by atoms with Crippen molar-refractivity contribution in [1.29, 1.82) is 0 Å². The van der Waals surface area contributed by atoms with E-state index in [2.05, 4.69) is 5.32 Å². The van der Waals surface area contributed by atoms with Crippen molar-refractivity contribution in [3.8, 4) is 0 Å². The van der Waals surface area contributed by atoms with Crippen molar-refractivity contribution in [3.63, 3.8) is 0 Å². The van der Waals surface area contributed by atoms with Crippen molar-refractivity contribution >= 4 is 17.6 Å². The summed E-state index contributed by atoms with van der Waals surface area (Å²) in [4.78, 5) is 28.2. The predicted molar refractivity (Wildman–Crippen MR) is 102 cm³/mol. The number of aryl methyl sites for hydroxylation is 1. The molecule has 0 spiro atoms. The van der Waals surface area contributed by atoms with E-state index in [1.54, 1.807) is 4.90 Å². The number of carbonyl (C=O) groups is 2. The first-order valence-corrected chi connectivity index (χ1v) is 8.75. The SMILES string of the molecule is Cc1ccc(NC(=O)N2CCN([C@@H](C(N)=O)c3ccccc3)CC2)cc1. The van der Waals surface area contributed by atoms with E-state index in [0.717, 1.165) is 16.8 Å². The van der Waals surface area contributed by atoms with Gasteiger partial charge >= 0.3 is 6.03 Å². The van der Waals surface area contributed by atoms with Crippen LogP contribution < -0.4 is 11.1 Å². The molecule has 1 fully saturated rings. The highest BCUT2D eigenvalue weighted by molar-refractivity contribution is 5.89. The Hall–Kier alpha value is -2.86. The Morgan fingerprint density at radius 1 is 0.962 bits per heavy atom. The lowest BCUT2D eigenvalue weighted by Gasteiger charge is -2.38. The van der Waals surface area contributed by atoms with Gasteiger partial charge < -0.3 is 16.0 Å². The summed E-state index contributed by atoms with van der Waals surface area (Å²) in [5.41, 5.74) is 8.45. The number of benzene rings is 2. The first kappa shape index (κ1) is 17.9. The molecule has 0 aliphatic carbocycles. The summed E-state index contributed by atoms with van der Waals surface area (Å²) < 4.78 is 0. The molecule has 0 radical (unpaired) electrons. The first-order chi connectivity index (χ1) is 12.5. The molecule has 0 aromatic heterocycles. The van der Waals surface area contributed by atoms with Crippen LogP contribution in [-0.4, -0.2) is 47.9 Å². The highest BCUT2D eigenvalue weighted by atomic mass is 16.2. The van der Waals surface area contributed by atoms with E-state index in [1.165, 1.54) is 0 Å². The Bertz CT molecular complexity index is 753. The van der Waals surface area contributed by atoms with Gasteiger partial charge in [0.15, 0.2) is 0 Å². The molecule has 3 amide bonds. The van der Waals surface area contributed by atoms with Gasteiger partial charge in [0.25, 0.3) is 0 Å². The number of nitrogens with one attached hydrogen (secondary N) is 1. The number of rotatable bonds is 4. The second-order valence-corrected chi connectivity index (χ2v) is 6.53. The van der Waals surface area contributed by atoms with Gasteiger partial charge in [-0.3, -0.25) is 9.69 Å². The molecule has 1 heterocycles. The third-order valence-corrected chi connectivity index (χ3v) is 4.65. The molecule has 3 rings (SSSR count). The summed E-state index contributed by atoms with van der Waals surface area (Å²) in [5.74, 6) is -0.367. The molecule has 0 bridgehead atoms. The van der Waals surface area contributed by atoms with Crippen LogP contribution in [0, 0.1) is 6.92 Å². The number of nitrogens with two attached hydrogens (primary N) is 1. The molecular weight excluding hydrogens is 328 g/mol. The number of amides is 3. The van der Waals surface area contributed by atoms with Crippen molar-refractivity contribution in [2.75, 3.05) is 31.5 Å². The summed E-state index contributed by atoms with van der Waals surface area (Å²) in [7, 11) is 0. The molecule has 136 valence electrons. The maximum absolute atomic E-state index is 12.4. The Labute approximate surface area is 153 Å². The van der Waals surface area contributed by atoms with Crippen molar-refractivity contribution < 1.29 is 9.59 Å². The summed E-state index contributed by atoms with van der Waals surface area (Å²) in [6.07, 6.45) is 0. The highest BCUT2D eigenvalue weighted by Gasteiger charge is 2.30. The highest BCUT2D eigenvalue weighted by Crippen LogP contribution is 2.22. The Balaban J connectivity index is 1.60. The number of primary amides is 1. The van der Waals surface area contributed by atoms with Crippen LogP contribution in [0.2, 0.25) is 0 Å². The zero-order valence-electron chi connectivity index (χ0n) is 14.9. The van der Waals surface area contributed by atoms with Crippen molar-refractivity contribution in [2.24, 2.45) is 5.73 Å². The Kier molecular flexibility index (Phi) is 5.53. The van der Waals surface area contributed by atoms with Crippen molar-refractivity contribution in [2.45, 2.75) is 13.0 Å². The monoisotopic (exact) mass is 352 g/mol. The minimum absolute atomic E-state index is 0.121. The maximum Gasteiger partial charge on any atom is 0.321 e. The van der Waals surface area contributed by atoms with Crippen LogP contribution in [0.3, 0.4) is 0 Å². The number of hydrogen-bond donors (Lipinski definition) is 2. The fourth-order valence-corrected chi connectivity index (χ4v) is 3.21. The number of piperazine rings is 1. The van der Waals surface area contributed by atoms with E-state index in [0.29, 0.717) is 26.2 Å². The average molecular weight is 352 g/mol. The minimum Gasteiger partial charge on any atom is -0.368 e. The lowest BCUT2D eigenvalue weighted by atomic mass is 10.0. The maximum atomic E-state index is 12.4. The normalized spacial score (nSPS) is 16.1. The van der Waals surface area contributed by atoms with Crippen LogP contribution in [-0.2, 0) is 4.79 Å². The zero-order valence-corrected chi connectivity index (χ0v) is 14.9. The summed E-state index contributed by atoms with van der Waals surface area (Å²) in [5, 5.41) is 2.91. The van der Waals surface area contributed by atoms with E-state index in [1.807, 2.05) is 66.4 Å². The lowest BCUT2D eigenvalue weighted by Crippen LogP contribution is -2.52. The smallest absolute Gasteiger partial charge is 0.321 e. The Morgan fingerprint density at radius 2 is 1.58 bits per heavy atom. The van der Waals surface area contributed by atoms with Crippen LogP contribution in [0.15, 0.2) is 54.6 Å². The number of hydrogen-bond acceptors (Lipinski definition) is 3. The molecular formula is C20H24N4O2. The van der Waals surface area contributed by atoms with Crippen LogP contribution in [0.5, 0.6) is 0 Å². The standard InChI is InChI=1S/C20H24N4O2/c1-15-7-9-17(10-8-15)22-20(26)24-13-11-23(12-14-24)18(19(21)25)16-5-3-2-4-6-16/h2-10,18H,11-14H2,1H3,(H2,21,25)(H,22,26)/t18-/m1/s1. The van der Waals surface area contributed by atoms with Crippen molar-refractivity contribution in [3.05, 3.63) is 65.7 Å². The van der Waals surface area contributed by atoms with Crippen molar-refractivity contribution in [1.82, 2.24) is 9.80 Å². The van der Waals surface area contributed by atoms with Crippen LogP contribution in [0.25, 0.3) is 0 Å². The Morgan fingerprint density at radius 3 is 2.15 bits per heavy atom. The molecule has 0 unspecified atom stereocenters. The van der Waals surface area contributed by atoms with Crippen LogP contribution in [0.4, 0.5) is 10.5 Å². The van der Waals surface area contributed by atoms with Gasteiger partial charge in [-0.05, 0) is 24.6 Å². The summed E-state index contributed by atoms with van der Waals surface area (Å²) >= 11 is 0. The largest absolute Gasteiger partial charge is 0.368 e. The molecule has 6 nitrogen and oxygen atoms in total. The second kappa shape index (κ2) is 8.01. The molecule has 1 atom stereocenters. The molecule has 6 heteroatoms. The number of carbonyl (C=O) groups excluding carboxylic acids is 2. The molecule has 1 aliphatic rings. The van der Waals surface area contributed by atoms with Gasteiger partial charge in [-0.25, -0.2) is 4.79 Å². The predicted octanol–water partition coefficient (Wildman–Crippen LogP) is 2.37. The number of urea groups is 1. The molecule has 1 aliphatic heterocycles. The van der Waals surface area contributed by atoms with E-state index >= 15 is 0 Å². The quantitative estimate of drug-likeness (QED) is 0.887. The first-order valence-electron chi connectivity index (χ1n) is 8.75. The summed E-state index contributed by atoms with van der Waals surface area (Å²) in [6.45, 7) is 4.31. The molecule has 2 aromatic carbocycles. The molecule has 2 aromatic rings. The average Bonchev–Trinajstić information content (AvgIpc) is 2.65.